The van der Waals surface area contributed by atoms with E-state index in [1.54, 1.807) is 12.3 Å². The molecule has 0 bridgehead atoms. The smallest absolute Gasteiger partial charge is 0.178 e. The standard InChI is InChI=1S/C11H15NO/c1-8(13)10-6-5-9(7-12-10)11(2,3)4/h5-7H,1-4H3. The molecule has 0 aliphatic carbocycles. The molecule has 0 unspecified atom stereocenters. The Bertz CT molecular complexity index is 306. The zero-order valence-electron chi connectivity index (χ0n) is 8.59. The predicted octanol–water partition coefficient (Wildman–Crippen LogP) is 2.58. The molecule has 0 N–H and O–H groups in total. The summed E-state index contributed by atoms with van der Waals surface area (Å²) in [7, 11) is 0. The van der Waals surface area contributed by atoms with Gasteiger partial charge in [-0.3, -0.25) is 9.78 Å². The molecule has 0 amide bonds. The van der Waals surface area contributed by atoms with Gasteiger partial charge in [0.05, 0.1) is 0 Å². The molecule has 0 atom stereocenters. The van der Waals surface area contributed by atoms with Crippen molar-refractivity contribution in [2.24, 2.45) is 0 Å². The topological polar surface area (TPSA) is 30.0 Å². The summed E-state index contributed by atoms with van der Waals surface area (Å²) in [5, 5.41) is 0. The molecule has 2 heteroatoms. The molecule has 13 heavy (non-hydrogen) atoms. The van der Waals surface area contributed by atoms with Gasteiger partial charge in [-0.1, -0.05) is 26.8 Å². The first-order chi connectivity index (χ1) is 5.91. The first kappa shape index (κ1) is 9.90. The highest BCUT2D eigenvalue weighted by Gasteiger charge is 2.13. The normalized spacial score (nSPS) is 11.4. The van der Waals surface area contributed by atoms with Gasteiger partial charge < -0.3 is 0 Å². The van der Waals surface area contributed by atoms with E-state index in [4.69, 9.17) is 0 Å². The summed E-state index contributed by atoms with van der Waals surface area (Å²) in [6, 6.07) is 3.74. The maximum Gasteiger partial charge on any atom is 0.178 e. The van der Waals surface area contributed by atoms with E-state index >= 15 is 0 Å². The maximum absolute atomic E-state index is 10.9. The number of Topliss-reactive ketones (excluding diaryl/α,β-unsaturated/α-hetero) is 1. The highest BCUT2D eigenvalue weighted by Crippen LogP contribution is 2.20. The van der Waals surface area contributed by atoms with Crippen molar-refractivity contribution < 1.29 is 4.79 Å². The van der Waals surface area contributed by atoms with Crippen molar-refractivity contribution in [3.63, 3.8) is 0 Å². The van der Waals surface area contributed by atoms with Crippen LogP contribution in [0.1, 0.15) is 43.7 Å². The summed E-state index contributed by atoms with van der Waals surface area (Å²) in [5.74, 6) is 0.0143. The van der Waals surface area contributed by atoms with Crippen molar-refractivity contribution in [3.8, 4) is 0 Å². The fourth-order valence-electron chi connectivity index (χ4n) is 1.05. The molecule has 0 saturated carbocycles. The summed E-state index contributed by atoms with van der Waals surface area (Å²) in [4.78, 5) is 15.0. The number of carbonyl (C=O) groups excluding carboxylic acids is 1. The van der Waals surface area contributed by atoms with Gasteiger partial charge in [-0.2, -0.15) is 0 Å². The highest BCUT2D eigenvalue weighted by atomic mass is 16.1. The average Bonchev–Trinajstić information content (AvgIpc) is 2.03. The third-order valence-corrected chi connectivity index (χ3v) is 1.99. The number of rotatable bonds is 1. The Hall–Kier alpha value is -1.18. The Labute approximate surface area is 79.0 Å². The van der Waals surface area contributed by atoms with Crippen molar-refractivity contribution in [2.75, 3.05) is 0 Å². The first-order valence-corrected chi connectivity index (χ1v) is 4.39. The van der Waals surface area contributed by atoms with Crippen molar-refractivity contribution in [2.45, 2.75) is 33.1 Å². The Morgan fingerprint density at radius 1 is 1.31 bits per heavy atom. The summed E-state index contributed by atoms with van der Waals surface area (Å²) < 4.78 is 0. The van der Waals surface area contributed by atoms with E-state index in [1.165, 1.54) is 6.92 Å². The maximum atomic E-state index is 10.9. The van der Waals surface area contributed by atoms with E-state index < -0.39 is 0 Å². The van der Waals surface area contributed by atoms with Gasteiger partial charge >= 0.3 is 0 Å². The second-order valence-corrected chi connectivity index (χ2v) is 4.24. The molecular formula is C11H15NO. The molecule has 2 nitrogen and oxygen atoms in total. The van der Waals surface area contributed by atoms with Gasteiger partial charge in [0, 0.05) is 13.1 Å². The Morgan fingerprint density at radius 2 is 1.92 bits per heavy atom. The predicted molar refractivity (Wildman–Crippen MR) is 52.9 cm³/mol. The minimum absolute atomic E-state index is 0.0143. The van der Waals surface area contributed by atoms with Crippen LogP contribution in [0.3, 0.4) is 0 Å². The zero-order chi connectivity index (χ0) is 10.1. The van der Waals surface area contributed by atoms with Gasteiger partial charge in [-0.25, -0.2) is 0 Å². The number of hydrogen-bond donors (Lipinski definition) is 0. The molecule has 0 aliphatic heterocycles. The van der Waals surface area contributed by atoms with E-state index in [-0.39, 0.29) is 11.2 Å². The Kier molecular flexibility index (Phi) is 2.50. The molecule has 70 valence electrons. The molecule has 0 spiro atoms. The first-order valence-electron chi connectivity index (χ1n) is 4.39. The van der Waals surface area contributed by atoms with E-state index in [0.717, 1.165) is 5.56 Å². The Balaban J connectivity index is 3.01. The minimum Gasteiger partial charge on any atom is -0.293 e. The number of ketones is 1. The van der Waals surface area contributed by atoms with Crippen molar-refractivity contribution in [1.29, 1.82) is 0 Å². The van der Waals surface area contributed by atoms with Gasteiger partial charge in [0.1, 0.15) is 5.69 Å². The van der Waals surface area contributed by atoms with Crippen LogP contribution in [-0.2, 0) is 5.41 Å². The fourth-order valence-corrected chi connectivity index (χ4v) is 1.05. The third-order valence-electron chi connectivity index (χ3n) is 1.99. The molecule has 0 saturated heterocycles. The second-order valence-electron chi connectivity index (χ2n) is 4.24. The van der Waals surface area contributed by atoms with Crippen LogP contribution in [-0.4, -0.2) is 10.8 Å². The van der Waals surface area contributed by atoms with E-state index in [9.17, 15) is 4.79 Å². The van der Waals surface area contributed by atoms with Crippen molar-refractivity contribution >= 4 is 5.78 Å². The van der Waals surface area contributed by atoms with Gasteiger partial charge in [0.25, 0.3) is 0 Å². The van der Waals surface area contributed by atoms with E-state index in [0.29, 0.717) is 5.69 Å². The summed E-state index contributed by atoms with van der Waals surface area (Å²) in [6.07, 6.45) is 1.77. The van der Waals surface area contributed by atoms with Crippen LogP contribution in [0.4, 0.5) is 0 Å². The van der Waals surface area contributed by atoms with Gasteiger partial charge in [-0.05, 0) is 17.0 Å². The largest absolute Gasteiger partial charge is 0.293 e. The number of carbonyl (C=O) groups is 1. The number of aromatic nitrogens is 1. The zero-order valence-corrected chi connectivity index (χ0v) is 8.59. The van der Waals surface area contributed by atoms with Crippen LogP contribution in [0.2, 0.25) is 0 Å². The number of hydrogen-bond acceptors (Lipinski definition) is 2. The van der Waals surface area contributed by atoms with Crippen molar-refractivity contribution in [3.05, 3.63) is 29.6 Å². The van der Waals surface area contributed by atoms with Gasteiger partial charge in [0.2, 0.25) is 0 Å². The molecule has 1 aromatic rings. The summed E-state index contributed by atoms with van der Waals surface area (Å²) >= 11 is 0. The third kappa shape index (κ3) is 2.38. The van der Waals surface area contributed by atoms with Crippen LogP contribution in [0.15, 0.2) is 18.3 Å². The second kappa shape index (κ2) is 3.29. The molecule has 0 radical (unpaired) electrons. The SMILES string of the molecule is CC(=O)c1ccc(C(C)(C)C)cn1. The lowest BCUT2D eigenvalue weighted by Gasteiger charge is -2.18. The summed E-state index contributed by atoms with van der Waals surface area (Å²) in [6.45, 7) is 7.89. The monoisotopic (exact) mass is 177 g/mol. The van der Waals surface area contributed by atoms with Crippen LogP contribution >= 0.6 is 0 Å². The molecule has 1 aromatic heterocycles. The fraction of sp³-hybridized carbons (Fsp3) is 0.455. The number of pyridine rings is 1. The minimum atomic E-state index is 0.0143. The lowest BCUT2D eigenvalue weighted by molar-refractivity contribution is 0.101. The highest BCUT2D eigenvalue weighted by molar-refractivity contribution is 5.91. The quantitative estimate of drug-likeness (QED) is 0.617. The molecule has 1 rings (SSSR count). The molecule has 0 aliphatic rings. The van der Waals surface area contributed by atoms with Crippen LogP contribution in [0, 0.1) is 0 Å². The molecule has 0 aromatic carbocycles. The molecule has 1 heterocycles. The average molecular weight is 177 g/mol. The van der Waals surface area contributed by atoms with E-state index in [2.05, 4.69) is 25.8 Å². The lowest BCUT2D eigenvalue weighted by atomic mass is 9.88. The molecule has 0 fully saturated rings. The van der Waals surface area contributed by atoms with Gasteiger partial charge in [0.15, 0.2) is 5.78 Å². The number of nitrogens with zero attached hydrogens (tertiary/aromatic N) is 1. The van der Waals surface area contributed by atoms with Crippen LogP contribution < -0.4 is 0 Å². The Morgan fingerprint density at radius 3 is 2.23 bits per heavy atom. The van der Waals surface area contributed by atoms with E-state index in [1.807, 2.05) is 6.07 Å². The van der Waals surface area contributed by atoms with Crippen LogP contribution in [0.25, 0.3) is 0 Å². The van der Waals surface area contributed by atoms with Crippen LogP contribution in [0.5, 0.6) is 0 Å². The van der Waals surface area contributed by atoms with Gasteiger partial charge in [-0.15, -0.1) is 0 Å². The van der Waals surface area contributed by atoms with Crippen molar-refractivity contribution in [1.82, 2.24) is 4.98 Å². The lowest BCUT2D eigenvalue weighted by Crippen LogP contribution is -2.12. The molecular weight excluding hydrogens is 162 g/mol. The summed E-state index contributed by atoms with van der Waals surface area (Å²) in [5.41, 5.74) is 1.79.